The lowest BCUT2D eigenvalue weighted by Crippen LogP contribution is -2.37. The maximum absolute atomic E-state index is 12.4. The van der Waals surface area contributed by atoms with Gasteiger partial charge < -0.3 is 10.2 Å². The number of aryl methyl sites for hydroxylation is 1. The first-order valence-electron chi connectivity index (χ1n) is 5.16. The van der Waals surface area contributed by atoms with Crippen molar-refractivity contribution in [2.45, 2.75) is 32.0 Å². The minimum absolute atomic E-state index is 0.244. The number of rotatable bonds is 3. The second-order valence-electron chi connectivity index (χ2n) is 4.39. The monoisotopic (exact) mass is 262 g/mol. The van der Waals surface area contributed by atoms with Crippen molar-refractivity contribution in [1.82, 2.24) is 0 Å². The Hall–Kier alpha value is -1.56. The molecule has 1 rings (SSSR count). The second-order valence-corrected chi connectivity index (χ2v) is 4.39. The van der Waals surface area contributed by atoms with Gasteiger partial charge in [-0.2, -0.15) is 13.2 Å². The molecule has 18 heavy (non-hydrogen) atoms. The molecular weight excluding hydrogens is 249 g/mol. The average Bonchev–Trinajstić information content (AvgIpc) is 2.19. The Morgan fingerprint density at radius 1 is 1.33 bits per heavy atom. The van der Waals surface area contributed by atoms with Gasteiger partial charge in [0, 0.05) is 6.42 Å². The summed E-state index contributed by atoms with van der Waals surface area (Å²) in [6, 6.07) is 3.00. The highest BCUT2D eigenvalue weighted by Crippen LogP contribution is 2.31. The Kier molecular flexibility index (Phi) is 3.71. The lowest BCUT2D eigenvalue weighted by Gasteiger charge is -2.19. The maximum atomic E-state index is 12.4. The molecule has 1 aromatic rings. The number of aliphatic hydroxyl groups is 1. The highest BCUT2D eigenvalue weighted by Gasteiger charge is 2.33. The summed E-state index contributed by atoms with van der Waals surface area (Å²) < 4.78 is 37.3. The summed E-state index contributed by atoms with van der Waals surface area (Å²) in [6.45, 7) is 2.55. The molecule has 0 saturated heterocycles. The van der Waals surface area contributed by atoms with Crippen LogP contribution in [0.4, 0.5) is 13.2 Å². The van der Waals surface area contributed by atoms with Crippen LogP contribution in [0.1, 0.15) is 23.6 Å². The van der Waals surface area contributed by atoms with Crippen LogP contribution in [-0.2, 0) is 17.4 Å². The van der Waals surface area contributed by atoms with E-state index in [2.05, 4.69) is 0 Å². The molecule has 6 heteroatoms. The molecule has 2 N–H and O–H groups in total. The fourth-order valence-electron chi connectivity index (χ4n) is 1.52. The van der Waals surface area contributed by atoms with Crippen LogP contribution in [0.25, 0.3) is 0 Å². The smallest absolute Gasteiger partial charge is 0.416 e. The maximum Gasteiger partial charge on any atom is 0.416 e. The number of alkyl halides is 3. The van der Waals surface area contributed by atoms with Crippen molar-refractivity contribution in [2.75, 3.05) is 0 Å². The largest absolute Gasteiger partial charge is 0.479 e. The number of benzene rings is 1. The zero-order valence-corrected chi connectivity index (χ0v) is 9.88. The van der Waals surface area contributed by atoms with Crippen molar-refractivity contribution in [2.24, 2.45) is 0 Å². The van der Waals surface area contributed by atoms with Gasteiger partial charge in [0.05, 0.1) is 5.56 Å². The zero-order valence-electron chi connectivity index (χ0n) is 9.88. The highest BCUT2D eigenvalue weighted by atomic mass is 19.4. The van der Waals surface area contributed by atoms with E-state index >= 15 is 0 Å². The van der Waals surface area contributed by atoms with Crippen LogP contribution in [-0.4, -0.2) is 21.8 Å². The van der Waals surface area contributed by atoms with Gasteiger partial charge in [-0.05, 0) is 37.1 Å². The van der Waals surface area contributed by atoms with E-state index in [0.29, 0.717) is 11.1 Å². The molecule has 0 aliphatic carbocycles. The molecule has 0 saturated carbocycles. The van der Waals surface area contributed by atoms with Gasteiger partial charge in [-0.1, -0.05) is 6.07 Å². The Balaban J connectivity index is 3.04. The number of carboxylic acids is 1. The van der Waals surface area contributed by atoms with Gasteiger partial charge >= 0.3 is 12.1 Å². The van der Waals surface area contributed by atoms with E-state index in [1.165, 1.54) is 13.0 Å². The minimum atomic E-state index is -4.43. The number of hydrogen-bond donors (Lipinski definition) is 2. The summed E-state index contributed by atoms with van der Waals surface area (Å²) in [6.07, 6.45) is -4.68. The predicted molar refractivity (Wildman–Crippen MR) is 58.1 cm³/mol. The van der Waals surface area contributed by atoms with E-state index in [4.69, 9.17) is 5.11 Å². The van der Waals surface area contributed by atoms with Crippen LogP contribution in [0.5, 0.6) is 0 Å². The van der Waals surface area contributed by atoms with Gasteiger partial charge in [-0.3, -0.25) is 0 Å². The van der Waals surface area contributed by atoms with Crippen LogP contribution < -0.4 is 0 Å². The summed E-state index contributed by atoms with van der Waals surface area (Å²) in [4.78, 5) is 10.7. The van der Waals surface area contributed by atoms with E-state index in [1.54, 1.807) is 0 Å². The van der Waals surface area contributed by atoms with Crippen LogP contribution in [0, 0.1) is 6.92 Å². The molecule has 0 heterocycles. The topological polar surface area (TPSA) is 57.5 Å². The van der Waals surface area contributed by atoms with Gasteiger partial charge in [0.1, 0.15) is 0 Å². The van der Waals surface area contributed by atoms with Crippen molar-refractivity contribution in [3.05, 3.63) is 34.9 Å². The first-order valence-corrected chi connectivity index (χ1v) is 5.16. The third-order valence-electron chi connectivity index (χ3n) is 2.67. The van der Waals surface area contributed by atoms with Gasteiger partial charge in [-0.15, -0.1) is 0 Å². The fraction of sp³-hybridized carbons (Fsp3) is 0.417. The highest BCUT2D eigenvalue weighted by molar-refractivity contribution is 5.77. The Labute approximate surface area is 102 Å². The molecule has 0 amide bonds. The number of carbonyl (C=O) groups is 1. The molecule has 0 spiro atoms. The molecule has 1 atom stereocenters. The summed E-state index contributed by atoms with van der Waals surface area (Å²) >= 11 is 0. The number of aliphatic carboxylic acids is 1. The van der Waals surface area contributed by atoms with Crippen LogP contribution >= 0.6 is 0 Å². The molecular formula is C12H13F3O3. The minimum Gasteiger partial charge on any atom is -0.479 e. The third-order valence-corrected chi connectivity index (χ3v) is 2.67. The van der Waals surface area contributed by atoms with Gasteiger partial charge in [-0.25, -0.2) is 4.79 Å². The molecule has 0 bridgehead atoms. The van der Waals surface area contributed by atoms with Crippen LogP contribution in [0.3, 0.4) is 0 Å². The van der Waals surface area contributed by atoms with E-state index in [9.17, 15) is 23.1 Å². The summed E-state index contributed by atoms with van der Waals surface area (Å²) in [5.74, 6) is -1.42. The SMILES string of the molecule is Cc1cc(C(F)(F)F)ccc1CC(C)(O)C(=O)O. The van der Waals surface area contributed by atoms with Crippen molar-refractivity contribution in [3.8, 4) is 0 Å². The predicted octanol–water partition coefficient (Wildman–Crippen LogP) is 2.39. The van der Waals surface area contributed by atoms with Crippen LogP contribution in [0.15, 0.2) is 18.2 Å². The number of carboxylic acid groups (broad SMARTS) is 1. The number of halogens is 3. The first kappa shape index (κ1) is 14.5. The van der Waals surface area contributed by atoms with E-state index < -0.39 is 23.3 Å². The average molecular weight is 262 g/mol. The van der Waals surface area contributed by atoms with Gasteiger partial charge in [0.25, 0.3) is 0 Å². The molecule has 100 valence electrons. The number of hydrogen-bond acceptors (Lipinski definition) is 2. The lowest BCUT2D eigenvalue weighted by molar-refractivity contribution is -0.156. The third kappa shape index (κ3) is 3.22. The van der Waals surface area contributed by atoms with Crippen LogP contribution in [0.2, 0.25) is 0 Å². The fourth-order valence-corrected chi connectivity index (χ4v) is 1.52. The normalized spacial score (nSPS) is 15.2. The van der Waals surface area contributed by atoms with Crippen molar-refractivity contribution in [3.63, 3.8) is 0 Å². The van der Waals surface area contributed by atoms with Crippen molar-refractivity contribution < 1.29 is 28.2 Å². The van der Waals surface area contributed by atoms with E-state index in [-0.39, 0.29) is 6.42 Å². The molecule has 0 radical (unpaired) electrons. The zero-order chi connectivity index (χ0) is 14.1. The van der Waals surface area contributed by atoms with Gasteiger partial charge in [0.15, 0.2) is 5.60 Å². The van der Waals surface area contributed by atoms with Gasteiger partial charge in [0.2, 0.25) is 0 Å². The second kappa shape index (κ2) is 4.61. The molecule has 0 aliphatic rings. The first-order chi connectivity index (χ1) is 8.04. The van der Waals surface area contributed by atoms with Crippen molar-refractivity contribution >= 4 is 5.97 Å². The van der Waals surface area contributed by atoms with E-state index in [0.717, 1.165) is 19.1 Å². The molecule has 0 aliphatic heterocycles. The molecule has 1 unspecified atom stereocenters. The quantitative estimate of drug-likeness (QED) is 0.879. The summed E-state index contributed by atoms with van der Waals surface area (Å²) in [5, 5.41) is 18.3. The lowest BCUT2D eigenvalue weighted by atomic mass is 9.93. The summed E-state index contributed by atoms with van der Waals surface area (Å²) in [7, 11) is 0. The van der Waals surface area contributed by atoms with E-state index in [1.807, 2.05) is 0 Å². The molecule has 0 fully saturated rings. The molecule has 0 aromatic heterocycles. The summed E-state index contributed by atoms with van der Waals surface area (Å²) in [5.41, 5.74) is -2.12. The standard InChI is InChI=1S/C12H13F3O3/c1-7-5-9(12(13,14)15)4-3-8(7)6-11(2,18)10(16)17/h3-5,18H,6H2,1-2H3,(H,16,17). The van der Waals surface area contributed by atoms with Crippen molar-refractivity contribution in [1.29, 1.82) is 0 Å². The Morgan fingerprint density at radius 3 is 2.28 bits per heavy atom. The molecule has 1 aromatic carbocycles. The Bertz CT molecular complexity index is 464. The Morgan fingerprint density at radius 2 is 1.89 bits per heavy atom. The molecule has 3 nitrogen and oxygen atoms in total.